The molecule has 3 aromatic rings. The van der Waals surface area contributed by atoms with Crippen molar-refractivity contribution in [2.75, 3.05) is 13.1 Å². The number of rotatable bonds is 3. The highest BCUT2D eigenvalue weighted by Crippen LogP contribution is 2.23. The lowest BCUT2D eigenvalue weighted by molar-refractivity contribution is 0.0950. The highest BCUT2D eigenvalue weighted by molar-refractivity contribution is 6.05. The fourth-order valence-corrected chi connectivity index (χ4v) is 3.58. The van der Waals surface area contributed by atoms with Crippen molar-refractivity contribution in [3.05, 3.63) is 77.0 Å². The minimum absolute atomic E-state index is 0.0720. The molecular formula is C21H21N3O. The van der Waals surface area contributed by atoms with E-state index in [1.165, 1.54) is 11.1 Å². The molecule has 0 aliphatic carbocycles. The predicted octanol–water partition coefficient (Wildman–Crippen LogP) is 3.16. The van der Waals surface area contributed by atoms with Crippen LogP contribution in [0, 0.1) is 6.92 Å². The number of pyridine rings is 1. The molecule has 2 heterocycles. The SMILES string of the molecule is Cc1cc(C(=O)NCC2NCCc3ccccc32)c2ncccc2c1. The summed E-state index contributed by atoms with van der Waals surface area (Å²) >= 11 is 0. The summed E-state index contributed by atoms with van der Waals surface area (Å²) in [5, 5.41) is 7.58. The molecule has 1 aliphatic heterocycles. The van der Waals surface area contributed by atoms with Gasteiger partial charge in [0.1, 0.15) is 0 Å². The number of carbonyl (C=O) groups is 1. The normalized spacial score (nSPS) is 16.4. The Morgan fingerprint density at radius 2 is 2.12 bits per heavy atom. The van der Waals surface area contributed by atoms with Gasteiger partial charge in [-0.25, -0.2) is 0 Å². The van der Waals surface area contributed by atoms with Gasteiger partial charge in [-0.15, -0.1) is 0 Å². The van der Waals surface area contributed by atoms with Crippen LogP contribution in [0.3, 0.4) is 0 Å². The number of carbonyl (C=O) groups excluding carboxylic acids is 1. The number of amides is 1. The van der Waals surface area contributed by atoms with Crippen molar-refractivity contribution >= 4 is 16.8 Å². The van der Waals surface area contributed by atoms with Gasteiger partial charge in [-0.05, 0) is 54.8 Å². The zero-order valence-corrected chi connectivity index (χ0v) is 14.3. The molecular weight excluding hydrogens is 310 g/mol. The maximum atomic E-state index is 12.8. The molecule has 0 radical (unpaired) electrons. The zero-order valence-electron chi connectivity index (χ0n) is 14.3. The van der Waals surface area contributed by atoms with Gasteiger partial charge in [-0.1, -0.05) is 30.3 Å². The number of fused-ring (bicyclic) bond motifs is 2. The highest BCUT2D eigenvalue weighted by atomic mass is 16.1. The standard InChI is InChI=1S/C21H21N3O/c1-14-11-16-6-4-9-23-20(16)18(12-14)21(25)24-13-19-17-7-3-2-5-15(17)8-10-22-19/h2-7,9,11-12,19,22H,8,10,13H2,1H3,(H,24,25). The first-order chi connectivity index (χ1) is 12.2. The maximum Gasteiger partial charge on any atom is 0.253 e. The van der Waals surface area contributed by atoms with E-state index in [-0.39, 0.29) is 11.9 Å². The molecule has 0 spiro atoms. The van der Waals surface area contributed by atoms with Gasteiger partial charge in [0.2, 0.25) is 0 Å². The molecule has 0 fully saturated rings. The summed E-state index contributed by atoms with van der Waals surface area (Å²) in [6, 6.07) is 16.4. The van der Waals surface area contributed by atoms with Crippen LogP contribution >= 0.6 is 0 Å². The fraction of sp³-hybridized carbons (Fsp3) is 0.238. The molecule has 2 N–H and O–H groups in total. The smallest absolute Gasteiger partial charge is 0.253 e. The van der Waals surface area contributed by atoms with Crippen molar-refractivity contribution in [2.45, 2.75) is 19.4 Å². The van der Waals surface area contributed by atoms with E-state index in [2.05, 4.69) is 45.9 Å². The molecule has 2 aromatic carbocycles. The average molecular weight is 331 g/mol. The Morgan fingerprint density at radius 1 is 1.24 bits per heavy atom. The second-order valence-electron chi connectivity index (χ2n) is 6.55. The third-order valence-electron chi connectivity index (χ3n) is 4.78. The summed E-state index contributed by atoms with van der Waals surface area (Å²) in [4.78, 5) is 17.2. The molecule has 1 aromatic heterocycles. The Labute approximate surface area is 147 Å². The van der Waals surface area contributed by atoms with Crippen LogP contribution in [0.25, 0.3) is 10.9 Å². The van der Waals surface area contributed by atoms with E-state index in [0.29, 0.717) is 12.1 Å². The van der Waals surface area contributed by atoms with Gasteiger partial charge in [-0.2, -0.15) is 0 Å². The fourth-order valence-electron chi connectivity index (χ4n) is 3.58. The van der Waals surface area contributed by atoms with Gasteiger partial charge < -0.3 is 10.6 Å². The van der Waals surface area contributed by atoms with E-state index in [9.17, 15) is 4.79 Å². The van der Waals surface area contributed by atoms with E-state index in [4.69, 9.17) is 0 Å². The van der Waals surface area contributed by atoms with Gasteiger partial charge in [0.05, 0.1) is 11.1 Å². The van der Waals surface area contributed by atoms with Crippen LogP contribution in [0.15, 0.2) is 54.7 Å². The summed E-state index contributed by atoms with van der Waals surface area (Å²) in [6.07, 6.45) is 2.76. The molecule has 1 unspecified atom stereocenters. The Morgan fingerprint density at radius 3 is 3.04 bits per heavy atom. The molecule has 4 heteroatoms. The van der Waals surface area contributed by atoms with E-state index < -0.39 is 0 Å². The number of aromatic nitrogens is 1. The minimum Gasteiger partial charge on any atom is -0.350 e. The topological polar surface area (TPSA) is 54.0 Å². The van der Waals surface area contributed by atoms with Crippen molar-refractivity contribution in [3.63, 3.8) is 0 Å². The molecule has 1 amide bonds. The first kappa shape index (κ1) is 15.8. The van der Waals surface area contributed by atoms with Crippen LogP contribution in [0.4, 0.5) is 0 Å². The largest absolute Gasteiger partial charge is 0.350 e. The maximum absolute atomic E-state index is 12.8. The van der Waals surface area contributed by atoms with Gasteiger partial charge in [0.25, 0.3) is 5.91 Å². The molecule has 4 nitrogen and oxygen atoms in total. The van der Waals surface area contributed by atoms with Crippen LogP contribution in [0.2, 0.25) is 0 Å². The Balaban J connectivity index is 1.56. The lowest BCUT2D eigenvalue weighted by Gasteiger charge is -2.27. The van der Waals surface area contributed by atoms with E-state index in [0.717, 1.165) is 29.4 Å². The first-order valence-electron chi connectivity index (χ1n) is 8.67. The lowest BCUT2D eigenvalue weighted by Crippen LogP contribution is -2.38. The van der Waals surface area contributed by atoms with E-state index in [1.54, 1.807) is 6.20 Å². The molecule has 1 aliphatic rings. The van der Waals surface area contributed by atoms with Crippen LogP contribution < -0.4 is 10.6 Å². The Kier molecular flexibility index (Phi) is 4.20. The monoisotopic (exact) mass is 331 g/mol. The van der Waals surface area contributed by atoms with Crippen molar-refractivity contribution in [1.29, 1.82) is 0 Å². The van der Waals surface area contributed by atoms with E-state index in [1.807, 2.05) is 25.1 Å². The van der Waals surface area contributed by atoms with Gasteiger partial charge in [0, 0.05) is 24.2 Å². The van der Waals surface area contributed by atoms with Crippen LogP contribution in [-0.2, 0) is 6.42 Å². The van der Waals surface area contributed by atoms with Crippen molar-refractivity contribution in [1.82, 2.24) is 15.6 Å². The molecule has 1 atom stereocenters. The third kappa shape index (κ3) is 3.13. The van der Waals surface area contributed by atoms with Crippen molar-refractivity contribution in [3.8, 4) is 0 Å². The molecule has 0 saturated heterocycles. The van der Waals surface area contributed by atoms with Gasteiger partial charge in [0.15, 0.2) is 0 Å². The van der Waals surface area contributed by atoms with Crippen LogP contribution in [-0.4, -0.2) is 24.0 Å². The quantitative estimate of drug-likeness (QED) is 0.775. The first-order valence-corrected chi connectivity index (χ1v) is 8.67. The molecule has 25 heavy (non-hydrogen) atoms. The lowest BCUT2D eigenvalue weighted by atomic mass is 9.94. The van der Waals surface area contributed by atoms with Crippen LogP contribution in [0.5, 0.6) is 0 Å². The second-order valence-corrected chi connectivity index (χ2v) is 6.55. The second kappa shape index (κ2) is 6.65. The molecule has 0 saturated carbocycles. The summed E-state index contributed by atoms with van der Waals surface area (Å²) in [7, 11) is 0. The van der Waals surface area contributed by atoms with Crippen molar-refractivity contribution < 1.29 is 4.79 Å². The summed E-state index contributed by atoms with van der Waals surface area (Å²) in [5.41, 5.74) is 5.10. The molecule has 126 valence electrons. The summed E-state index contributed by atoms with van der Waals surface area (Å²) in [5.74, 6) is -0.0720. The number of hydrogen-bond donors (Lipinski definition) is 2. The Bertz CT molecular complexity index is 935. The minimum atomic E-state index is -0.0720. The number of benzene rings is 2. The number of aryl methyl sites for hydroxylation is 1. The van der Waals surface area contributed by atoms with E-state index >= 15 is 0 Å². The number of nitrogens with zero attached hydrogens (tertiary/aromatic N) is 1. The predicted molar refractivity (Wildman–Crippen MR) is 99.7 cm³/mol. The Hall–Kier alpha value is -2.72. The average Bonchev–Trinajstić information content (AvgIpc) is 2.65. The summed E-state index contributed by atoms with van der Waals surface area (Å²) in [6.45, 7) is 3.51. The summed E-state index contributed by atoms with van der Waals surface area (Å²) < 4.78 is 0. The van der Waals surface area contributed by atoms with Crippen molar-refractivity contribution in [2.24, 2.45) is 0 Å². The molecule has 4 rings (SSSR count). The van der Waals surface area contributed by atoms with Gasteiger partial charge in [-0.3, -0.25) is 9.78 Å². The van der Waals surface area contributed by atoms with Crippen LogP contribution in [0.1, 0.15) is 33.1 Å². The number of hydrogen-bond acceptors (Lipinski definition) is 3. The molecule has 0 bridgehead atoms. The highest BCUT2D eigenvalue weighted by Gasteiger charge is 2.20. The zero-order chi connectivity index (χ0) is 17.2. The third-order valence-corrected chi connectivity index (χ3v) is 4.78. The number of nitrogens with one attached hydrogen (secondary N) is 2. The van der Waals surface area contributed by atoms with Gasteiger partial charge >= 0.3 is 0 Å².